The molecule has 2 aliphatic heterocycles. The van der Waals surface area contributed by atoms with Gasteiger partial charge < -0.3 is 5.32 Å². The highest BCUT2D eigenvalue weighted by Gasteiger charge is 2.29. The summed E-state index contributed by atoms with van der Waals surface area (Å²) in [6, 6.07) is 8.29. The van der Waals surface area contributed by atoms with Gasteiger partial charge in [0.2, 0.25) is 0 Å². The largest absolute Gasteiger partial charge is 0.310 e. The van der Waals surface area contributed by atoms with Crippen LogP contribution in [0.25, 0.3) is 10.9 Å². The highest BCUT2D eigenvalue weighted by Crippen LogP contribution is 2.24. The van der Waals surface area contributed by atoms with E-state index < -0.39 is 0 Å². The van der Waals surface area contributed by atoms with Crippen molar-refractivity contribution in [1.29, 1.82) is 0 Å². The Morgan fingerprint density at radius 2 is 2.14 bits per heavy atom. The van der Waals surface area contributed by atoms with Gasteiger partial charge in [-0.2, -0.15) is 0 Å². The monoisotopic (exact) mass is 285 g/mol. The zero-order chi connectivity index (χ0) is 14.2. The van der Waals surface area contributed by atoms with Crippen LogP contribution in [0.4, 0.5) is 4.39 Å². The number of fused-ring (bicyclic) bond motifs is 3. The topological polar surface area (TPSA) is 28.2 Å². The molecule has 110 valence electrons. The van der Waals surface area contributed by atoms with Crippen LogP contribution in [-0.4, -0.2) is 35.1 Å². The fourth-order valence-electron chi connectivity index (χ4n) is 3.75. The lowest BCUT2D eigenvalue weighted by molar-refractivity contribution is 0.251. The molecule has 1 aromatic heterocycles. The molecule has 4 heteroatoms. The Hall–Kier alpha value is -1.52. The molecule has 3 heterocycles. The maximum Gasteiger partial charge on any atom is 0.124 e. The quantitative estimate of drug-likeness (QED) is 0.919. The van der Waals surface area contributed by atoms with Crippen molar-refractivity contribution in [2.24, 2.45) is 0 Å². The molecule has 0 radical (unpaired) electrons. The number of hydrogen-bond acceptors (Lipinski definition) is 3. The van der Waals surface area contributed by atoms with Crippen LogP contribution in [0, 0.1) is 5.82 Å². The maximum absolute atomic E-state index is 13.8. The van der Waals surface area contributed by atoms with E-state index in [2.05, 4.69) is 15.2 Å². The van der Waals surface area contributed by atoms with Crippen molar-refractivity contribution in [2.45, 2.75) is 37.9 Å². The molecule has 0 saturated carbocycles. The zero-order valence-electron chi connectivity index (χ0n) is 12.1. The number of halogens is 1. The third kappa shape index (κ3) is 2.65. The van der Waals surface area contributed by atoms with Gasteiger partial charge in [-0.3, -0.25) is 9.88 Å². The normalized spacial score (nSPS) is 26.1. The Balaban J connectivity index is 1.62. The number of nitrogens with zero attached hydrogens (tertiary/aromatic N) is 2. The smallest absolute Gasteiger partial charge is 0.124 e. The molecule has 2 aromatic rings. The molecule has 0 aliphatic carbocycles. The molecule has 2 fully saturated rings. The van der Waals surface area contributed by atoms with Gasteiger partial charge in [-0.15, -0.1) is 0 Å². The van der Waals surface area contributed by atoms with Crippen molar-refractivity contribution >= 4 is 10.9 Å². The van der Waals surface area contributed by atoms with E-state index in [4.69, 9.17) is 0 Å². The highest BCUT2D eigenvalue weighted by atomic mass is 19.1. The van der Waals surface area contributed by atoms with Gasteiger partial charge in [0.1, 0.15) is 5.82 Å². The number of hydrogen-bond donors (Lipinski definition) is 1. The van der Waals surface area contributed by atoms with Gasteiger partial charge in [-0.1, -0.05) is 6.07 Å². The lowest BCUT2D eigenvalue weighted by atomic mass is 10.1. The molecule has 0 amide bonds. The average molecular weight is 285 g/mol. The van der Waals surface area contributed by atoms with Crippen molar-refractivity contribution in [3.05, 3.63) is 41.8 Å². The summed E-state index contributed by atoms with van der Waals surface area (Å²) in [5.74, 6) is -0.167. The van der Waals surface area contributed by atoms with Gasteiger partial charge in [-0.25, -0.2) is 4.39 Å². The minimum absolute atomic E-state index is 0.167. The van der Waals surface area contributed by atoms with Crippen molar-refractivity contribution in [2.75, 3.05) is 13.1 Å². The number of likely N-dealkylation sites (tertiary alicyclic amines) is 1. The maximum atomic E-state index is 13.8. The zero-order valence-corrected chi connectivity index (χ0v) is 12.1. The van der Waals surface area contributed by atoms with E-state index in [1.54, 1.807) is 18.3 Å². The van der Waals surface area contributed by atoms with E-state index in [-0.39, 0.29) is 5.82 Å². The Kier molecular flexibility index (Phi) is 3.36. The molecule has 0 spiro atoms. The molecule has 4 rings (SSSR count). The van der Waals surface area contributed by atoms with E-state index in [1.807, 2.05) is 12.1 Å². The Labute approximate surface area is 124 Å². The summed E-state index contributed by atoms with van der Waals surface area (Å²) >= 11 is 0. The van der Waals surface area contributed by atoms with Gasteiger partial charge >= 0.3 is 0 Å². The Bertz CT molecular complexity index is 658. The van der Waals surface area contributed by atoms with E-state index >= 15 is 0 Å². The van der Waals surface area contributed by atoms with Crippen LogP contribution < -0.4 is 5.32 Å². The minimum atomic E-state index is -0.167. The Morgan fingerprint density at radius 3 is 3.10 bits per heavy atom. The van der Waals surface area contributed by atoms with Gasteiger partial charge in [0.25, 0.3) is 0 Å². The predicted octanol–water partition coefficient (Wildman–Crippen LogP) is 2.70. The predicted molar refractivity (Wildman–Crippen MR) is 81.5 cm³/mol. The van der Waals surface area contributed by atoms with Crippen LogP contribution in [0.3, 0.4) is 0 Å². The first-order valence-corrected chi connectivity index (χ1v) is 7.79. The molecule has 3 nitrogen and oxygen atoms in total. The number of nitrogens with one attached hydrogen (secondary N) is 1. The van der Waals surface area contributed by atoms with Crippen LogP contribution in [0.5, 0.6) is 0 Å². The number of pyridine rings is 1. The van der Waals surface area contributed by atoms with Gasteiger partial charge in [0, 0.05) is 43.3 Å². The second kappa shape index (κ2) is 5.35. The van der Waals surface area contributed by atoms with Crippen LogP contribution in [0.15, 0.2) is 30.5 Å². The summed E-state index contributed by atoms with van der Waals surface area (Å²) in [7, 11) is 0. The SMILES string of the molecule is Fc1cc(CN2CCC3CCC(C2)N3)c2ncccc2c1. The summed E-state index contributed by atoms with van der Waals surface area (Å²) in [5, 5.41) is 4.58. The summed E-state index contributed by atoms with van der Waals surface area (Å²) in [6.07, 6.45) is 5.55. The molecule has 1 N–H and O–H groups in total. The molecule has 2 saturated heterocycles. The van der Waals surface area contributed by atoms with Crippen molar-refractivity contribution in [3.8, 4) is 0 Å². The second-order valence-electron chi connectivity index (χ2n) is 6.30. The molecule has 2 unspecified atom stereocenters. The van der Waals surface area contributed by atoms with Crippen molar-refractivity contribution in [3.63, 3.8) is 0 Å². The van der Waals surface area contributed by atoms with Gasteiger partial charge in [0.05, 0.1) is 5.52 Å². The van der Waals surface area contributed by atoms with Crippen LogP contribution in [0.1, 0.15) is 24.8 Å². The van der Waals surface area contributed by atoms with Crippen LogP contribution in [0.2, 0.25) is 0 Å². The number of rotatable bonds is 2. The highest BCUT2D eigenvalue weighted by molar-refractivity contribution is 5.81. The molecular weight excluding hydrogens is 265 g/mol. The van der Waals surface area contributed by atoms with Crippen molar-refractivity contribution in [1.82, 2.24) is 15.2 Å². The standard InChI is InChI=1S/C17H20FN3/c18-14-8-12-2-1-6-19-17(12)13(9-14)10-21-7-5-15-3-4-16(11-21)20-15/h1-2,6,8-9,15-16,20H,3-5,7,10-11H2. The molecule has 2 atom stereocenters. The molecule has 1 aromatic carbocycles. The summed E-state index contributed by atoms with van der Waals surface area (Å²) < 4.78 is 13.8. The van der Waals surface area contributed by atoms with E-state index in [1.165, 1.54) is 19.3 Å². The average Bonchev–Trinajstić information content (AvgIpc) is 2.81. The summed E-state index contributed by atoms with van der Waals surface area (Å²) in [4.78, 5) is 6.89. The summed E-state index contributed by atoms with van der Waals surface area (Å²) in [5.41, 5.74) is 1.93. The van der Waals surface area contributed by atoms with Gasteiger partial charge in [0.15, 0.2) is 0 Å². The Morgan fingerprint density at radius 1 is 1.24 bits per heavy atom. The molecular formula is C17H20FN3. The molecule has 2 aliphatic rings. The first kappa shape index (κ1) is 13.2. The van der Waals surface area contributed by atoms with Gasteiger partial charge in [-0.05, 0) is 43.0 Å². The third-order valence-corrected chi connectivity index (χ3v) is 4.75. The first-order chi connectivity index (χ1) is 10.3. The van der Waals surface area contributed by atoms with Crippen LogP contribution in [-0.2, 0) is 6.54 Å². The second-order valence-corrected chi connectivity index (χ2v) is 6.30. The molecule has 2 bridgehead atoms. The fraction of sp³-hybridized carbons (Fsp3) is 0.471. The minimum Gasteiger partial charge on any atom is -0.310 e. The first-order valence-electron chi connectivity index (χ1n) is 7.79. The lowest BCUT2D eigenvalue weighted by Gasteiger charge is -2.24. The van der Waals surface area contributed by atoms with Crippen LogP contribution >= 0.6 is 0 Å². The molecule has 21 heavy (non-hydrogen) atoms. The fourth-order valence-corrected chi connectivity index (χ4v) is 3.75. The summed E-state index contributed by atoms with van der Waals surface area (Å²) in [6.45, 7) is 2.93. The van der Waals surface area contributed by atoms with E-state index in [0.717, 1.165) is 36.1 Å². The van der Waals surface area contributed by atoms with E-state index in [9.17, 15) is 4.39 Å². The third-order valence-electron chi connectivity index (χ3n) is 4.75. The van der Waals surface area contributed by atoms with E-state index in [0.29, 0.717) is 12.1 Å². The number of benzene rings is 1. The lowest BCUT2D eigenvalue weighted by Crippen LogP contribution is -2.35. The van der Waals surface area contributed by atoms with Crippen molar-refractivity contribution < 1.29 is 4.39 Å². The number of aromatic nitrogens is 1.